The molecule has 0 aromatic rings. The van der Waals surface area contributed by atoms with Gasteiger partial charge in [0.1, 0.15) is 0 Å². The summed E-state index contributed by atoms with van der Waals surface area (Å²) in [5, 5.41) is 4.24. The van der Waals surface area contributed by atoms with Crippen LogP contribution in [0.4, 0.5) is 0 Å². The zero-order chi connectivity index (χ0) is 10.7. The Hall–Kier alpha value is -0.310. The molecule has 2 rings (SSSR count). The third-order valence-corrected chi connectivity index (χ3v) is 4.31. The molecule has 15 heavy (non-hydrogen) atoms. The molecule has 86 valence electrons. The summed E-state index contributed by atoms with van der Waals surface area (Å²) in [5.74, 6) is 1.92. The number of thiocarbonyl (C=S) groups is 1. The van der Waals surface area contributed by atoms with Gasteiger partial charge in [-0.15, -0.1) is 0 Å². The smallest absolute Gasteiger partial charge is 0.168 e. The predicted molar refractivity (Wildman–Crippen MR) is 67.9 cm³/mol. The Kier molecular flexibility index (Phi) is 3.84. The standard InChI is InChI=1S/C12H22N2S/c1-2-13-12(15)14-8-7-10-5-3-4-6-11(10)9-14/h10-11H,2-9H2,1H3,(H,13,15). The van der Waals surface area contributed by atoms with Crippen LogP contribution >= 0.6 is 12.2 Å². The second kappa shape index (κ2) is 5.15. The third kappa shape index (κ3) is 2.63. The van der Waals surface area contributed by atoms with Crippen molar-refractivity contribution in [2.24, 2.45) is 11.8 Å². The van der Waals surface area contributed by atoms with Gasteiger partial charge in [0.25, 0.3) is 0 Å². The minimum atomic E-state index is 0.920. The summed E-state index contributed by atoms with van der Waals surface area (Å²) in [5.41, 5.74) is 0. The molecule has 1 heterocycles. The topological polar surface area (TPSA) is 15.3 Å². The highest BCUT2D eigenvalue weighted by molar-refractivity contribution is 7.80. The Morgan fingerprint density at radius 3 is 2.73 bits per heavy atom. The van der Waals surface area contributed by atoms with E-state index in [4.69, 9.17) is 12.2 Å². The molecule has 1 aliphatic heterocycles. The van der Waals surface area contributed by atoms with E-state index < -0.39 is 0 Å². The van der Waals surface area contributed by atoms with Gasteiger partial charge in [-0.2, -0.15) is 0 Å². The first kappa shape index (κ1) is 11.2. The molecule has 3 heteroatoms. The summed E-state index contributed by atoms with van der Waals surface area (Å²) in [7, 11) is 0. The quantitative estimate of drug-likeness (QED) is 0.691. The molecule has 1 aliphatic carbocycles. The summed E-state index contributed by atoms with van der Waals surface area (Å²) in [6.45, 7) is 5.44. The van der Waals surface area contributed by atoms with Crippen molar-refractivity contribution in [2.45, 2.75) is 39.0 Å². The van der Waals surface area contributed by atoms with Crippen molar-refractivity contribution < 1.29 is 0 Å². The van der Waals surface area contributed by atoms with Gasteiger partial charge in [-0.3, -0.25) is 0 Å². The highest BCUT2D eigenvalue weighted by Gasteiger charge is 2.31. The molecule has 2 aliphatic rings. The number of nitrogens with one attached hydrogen (secondary N) is 1. The van der Waals surface area contributed by atoms with Gasteiger partial charge in [-0.25, -0.2) is 0 Å². The van der Waals surface area contributed by atoms with Crippen LogP contribution in [-0.2, 0) is 0 Å². The Balaban J connectivity index is 1.87. The molecule has 1 N–H and O–H groups in total. The lowest BCUT2D eigenvalue weighted by Crippen LogP contribution is -2.48. The van der Waals surface area contributed by atoms with E-state index in [1.54, 1.807) is 0 Å². The van der Waals surface area contributed by atoms with Gasteiger partial charge in [0.15, 0.2) is 5.11 Å². The summed E-state index contributed by atoms with van der Waals surface area (Å²) in [4.78, 5) is 2.38. The number of piperidine rings is 1. The molecule has 0 bridgehead atoms. The van der Waals surface area contributed by atoms with Gasteiger partial charge < -0.3 is 10.2 Å². The van der Waals surface area contributed by atoms with Crippen molar-refractivity contribution in [1.82, 2.24) is 10.2 Å². The Morgan fingerprint density at radius 1 is 1.27 bits per heavy atom. The predicted octanol–water partition coefficient (Wildman–Crippen LogP) is 2.39. The molecule has 0 aromatic heterocycles. The molecule has 1 saturated carbocycles. The molecule has 0 aromatic carbocycles. The van der Waals surface area contributed by atoms with Gasteiger partial charge in [0, 0.05) is 19.6 Å². The van der Waals surface area contributed by atoms with Crippen LogP contribution in [0.25, 0.3) is 0 Å². The van der Waals surface area contributed by atoms with E-state index in [-0.39, 0.29) is 0 Å². The number of rotatable bonds is 1. The number of likely N-dealkylation sites (tertiary alicyclic amines) is 1. The van der Waals surface area contributed by atoms with E-state index in [2.05, 4.69) is 17.1 Å². The van der Waals surface area contributed by atoms with Crippen LogP contribution in [0.3, 0.4) is 0 Å². The van der Waals surface area contributed by atoms with E-state index >= 15 is 0 Å². The lowest BCUT2D eigenvalue weighted by Gasteiger charge is -2.42. The molecule has 0 amide bonds. The van der Waals surface area contributed by atoms with Crippen molar-refractivity contribution in [1.29, 1.82) is 0 Å². The molecule has 0 radical (unpaired) electrons. The molecule has 0 spiro atoms. The van der Waals surface area contributed by atoms with Crippen molar-refractivity contribution in [3.05, 3.63) is 0 Å². The van der Waals surface area contributed by atoms with Crippen LogP contribution in [0.15, 0.2) is 0 Å². The van der Waals surface area contributed by atoms with E-state index in [0.717, 1.165) is 23.5 Å². The molecule has 2 nitrogen and oxygen atoms in total. The Labute approximate surface area is 98.4 Å². The highest BCUT2D eigenvalue weighted by Crippen LogP contribution is 2.35. The lowest BCUT2D eigenvalue weighted by atomic mass is 9.75. The van der Waals surface area contributed by atoms with E-state index in [1.165, 1.54) is 45.2 Å². The fourth-order valence-electron chi connectivity index (χ4n) is 3.05. The molecular weight excluding hydrogens is 204 g/mol. The maximum atomic E-state index is 5.38. The molecule has 1 saturated heterocycles. The maximum absolute atomic E-state index is 5.38. The third-order valence-electron chi connectivity index (χ3n) is 3.91. The molecule has 2 atom stereocenters. The van der Waals surface area contributed by atoms with E-state index in [9.17, 15) is 0 Å². The van der Waals surface area contributed by atoms with Crippen molar-refractivity contribution in [3.8, 4) is 0 Å². The Bertz CT molecular complexity index is 230. The summed E-state index contributed by atoms with van der Waals surface area (Å²) < 4.78 is 0. The number of hydrogen-bond acceptors (Lipinski definition) is 1. The van der Waals surface area contributed by atoms with Crippen LogP contribution in [0.5, 0.6) is 0 Å². The summed E-state index contributed by atoms with van der Waals surface area (Å²) >= 11 is 5.38. The fourth-order valence-corrected chi connectivity index (χ4v) is 3.36. The van der Waals surface area contributed by atoms with Crippen molar-refractivity contribution >= 4 is 17.3 Å². The summed E-state index contributed by atoms with van der Waals surface area (Å²) in [6.07, 6.45) is 7.14. The monoisotopic (exact) mass is 226 g/mol. The minimum Gasteiger partial charge on any atom is -0.363 e. The molecule has 2 fully saturated rings. The number of fused-ring (bicyclic) bond motifs is 1. The van der Waals surface area contributed by atoms with Gasteiger partial charge in [-0.05, 0) is 43.8 Å². The summed E-state index contributed by atoms with van der Waals surface area (Å²) in [6, 6.07) is 0. The first-order valence-electron chi connectivity index (χ1n) is 6.34. The zero-order valence-electron chi connectivity index (χ0n) is 9.67. The number of hydrogen-bond donors (Lipinski definition) is 1. The largest absolute Gasteiger partial charge is 0.363 e. The van der Waals surface area contributed by atoms with Crippen LogP contribution in [0.2, 0.25) is 0 Å². The fraction of sp³-hybridized carbons (Fsp3) is 0.917. The van der Waals surface area contributed by atoms with Gasteiger partial charge in [0.05, 0.1) is 0 Å². The van der Waals surface area contributed by atoms with E-state index in [1.807, 2.05) is 0 Å². The zero-order valence-corrected chi connectivity index (χ0v) is 10.5. The highest BCUT2D eigenvalue weighted by atomic mass is 32.1. The van der Waals surface area contributed by atoms with Gasteiger partial charge >= 0.3 is 0 Å². The van der Waals surface area contributed by atoms with Crippen molar-refractivity contribution in [3.63, 3.8) is 0 Å². The normalized spacial score (nSPS) is 30.9. The Morgan fingerprint density at radius 2 is 2.00 bits per heavy atom. The number of nitrogens with zero attached hydrogens (tertiary/aromatic N) is 1. The van der Waals surface area contributed by atoms with Crippen molar-refractivity contribution in [2.75, 3.05) is 19.6 Å². The van der Waals surface area contributed by atoms with Gasteiger partial charge in [-0.1, -0.05) is 19.3 Å². The maximum Gasteiger partial charge on any atom is 0.168 e. The average Bonchev–Trinajstić information content (AvgIpc) is 2.29. The SMILES string of the molecule is CCNC(=S)N1CCC2CCCCC2C1. The van der Waals surface area contributed by atoms with Crippen LogP contribution in [-0.4, -0.2) is 29.6 Å². The van der Waals surface area contributed by atoms with E-state index in [0.29, 0.717) is 0 Å². The molecule has 2 unspecified atom stereocenters. The second-order valence-corrected chi connectivity index (χ2v) is 5.26. The average molecular weight is 226 g/mol. The lowest BCUT2D eigenvalue weighted by molar-refractivity contribution is 0.129. The van der Waals surface area contributed by atoms with Crippen LogP contribution in [0.1, 0.15) is 39.0 Å². The van der Waals surface area contributed by atoms with Crippen LogP contribution in [0, 0.1) is 11.8 Å². The first-order chi connectivity index (χ1) is 7.31. The van der Waals surface area contributed by atoms with Crippen LogP contribution < -0.4 is 5.32 Å². The molecular formula is C12H22N2S. The second-order valence-electron chi connectivity index (χ2n) is 4.87. The first-order valence-corrected chi connectivity index (χ1v) is 6.75. The van der Waals surface area contributed by atoms with Gasteiger partial charge in [0.2, 0.25) is 0 Å². The minimum absolute atomic E-state index is 0.920.